The molecule has 148 valence electrons. The largest absolute Gasteiger partial charge is 0.370 e. The van der Waals surface area contributed by atoms with Gasteiger partial charge in [-0.05, 0) is 55.2 Å². The van der Waals surface area contributed by atoms with Crippen molar-refractivity contribution >= 4 is 0 Å². The van der Waals surface area contributed by atoms with Crippen LogP contribution >= 0.6 is 0 Å². The predicted octanol–water partition coefficient (Wildman–Crippen LogP) is 2.40. The third-order valence-corrected chi connectivity index (χ3v) is 6.99. The lowest BCUT2D eigenvalue weighted by molar-refractivity contribution is -0.0488. The molecule has 0 amide bonds. The standard InChI is InChI=1S/C21H29F2N3O/c22-16-3-4-19(23)18(5-16)21-20(24)6-17(12-27-21)26-10-14-8-25(7-13-1-2-13)9-15(14)11-26/h3-5,13-15,17,20-21H,1-2,6-12,24H2/t14?,15?,17-,20+,21-/m1/s1. The second-order valence-corrected chi connectivity index (χ2v) is 9.11. The molecule has 3 heterocycles. The molecule has 5 atom stereocenters. The zero-order valence-electron chi connectivity index (χ0n) is 15.7. The summed E-state index contributed by atoms with van der Waals surface area (Å²) in [7, 11) is 0. The Labute approximate surface area is 159 Å². The fourth-order valence-electron chi connectivity index (χ4n) is 5.39. The highest BCUT2D eigenvalue weighted by Crippen LogP contribution is 2.38. The van der Waals surface area contributed by atoms with Crippen molar-refractivity contribution in [3.05, 3.63) is 35.4 Å². The summed E-state index contributed by atoms with van der Waals surface area (Å²) < 4.78 is 33.6. The molecule has 0 spiro atoms. The van der Waals surface area contributed by atoms with Crippen molar-refractivity contribution in [2.75, 3.05) is 39.3 Å². The van der Waals surface area contributed by atoms with Gasteiger partial charge < -0.3 is 15.4 Å². The van der Waals surface area contributed by atoms with E-state index in [1.807, 2.05) is 0 Å². The zero-order valence-corrected chi connectivity index (χ0v) is 15.7. The number of nitrogens with two attached hydrogens (primary N) is 1. The number of benzene rings is 1. The molecule has 1 aromatic carbocycles. The van der Waals surface area contributed by atoms with Gasteiger partial charge in [-0.15, -0.1) is 0 Å². The maximum atomic E-state index is 14.1. The van der Waals surface area contributed by atoms with Gasteiger partial charge in [0.2, 0.25) is 0 Å². The Bertz CT molecular complexity index is 684. The number of hydrogen-bond acceptors (Lipinski definition) is 4. The molecule has 6 heteroatoms. The van der Waals surface area contributed by atoms with Crippen LogP contribution in [0.15, 0.2) is 18.2 Å². The first-order valence-corrected chi connectivity index (χ1v) is 10.4. The lowest BCUT2D eigenvalue weighted by atomic mass is 9.93. The van der Waals surface area contributed by atoms with Crippen LogP contribution in [0, 0.1) is 29.4 Å². The van der Waals surface area contributed by atoms with Crippen molar-refractivity contribution in [2.24, 2.45) is 23.5 Å². The lowest BCUT2D eigenvalue weighted by Crippen LogP contribution is -2.49. The smallest absolute Gasteiger partial charge is 0.129 e. The zero-order chi connectivity index (χ0) is 18.5. The van der Waals surface area contributed by atoms with Crippen molar-refractivity contribution in [1.29, 1.82) is 0 Å². The molecule has 1 aliphatic carbocycles. The highest BCUT2D eigenvalue weighted by atomic mass is 19.1. The number of nitrogens with zero attached hydrogens (tertiary/aromatic N) is 2. The number of ether oxygens (including phenoxy) is 1. The minimum atomic E-state index is -0.562. The molecule has 27 heavy (non-hydrogen) atoms. The summed E-state index contributed by atoms with van der Waals surface area (Å²) in [6, 6.07) is 3.48. The van der Waals surface area contributed by atoms with Crippen molar-refractivity contribution in [3.63, 3.8) is 0 Å². The van der Waals surface area contributed by atoms with Gasteiger partial charge in [0, 0.05) is 50.4 Å². The lowest BCUT2D eigenvalue weighted by Gasteiger charge is -2.39. The third kappa shape index (κ3) is 3.65. The average molecular weight is 377 g/mol. The minimum absolute atomic E-state index is 0.245. The van der Waals surface area contributed by atoms with Gasteiger partial charge in [-0.1, -0.05) is 0 Å². The fraction of sp³-hybridized carbons (Fsp3) is 0.714. The summed E-state index contributed by atoms with van der Waals surface area (Å²) in [4.78, 5) is 5.19. The summed E-state index contributed by atoms with van der Waals surface area (Å²) in [6.07, 6.45) is 3.05. The van der Waals surface area contributed by atoms with Gasteiger partial charge in [0.1, 0.15) is 17.7 Å². The van der Waals surface area contributed by atoms with E-state index in [4.69, 9.17) is 10.5 Å². The summed E-state index contributed by atoms with van der Waals surface area (Å²) in [6.45, 7) is 6.53. The van der Waals surface area contributed by atoms with Gasteiger partial charge in [0.05, 0.1) is 6.61 Å². The van der Waals surface area contributed by atoms with Gasteiger partial charge in [0.25, 0.3) is 0 Å². The number of fused-ring (bicyclic) bond motifs is 1. The molecule has 0 radical (unpaired) electrons. The van der Waals surface area contributed by atoms with E-state index in [0.29, 0.717) is 6.61 Å². The molecule has 4 aliphatic rings. The van der Waals surface area contributed by atoms with E-state index in [1.165, 1.54) is 38.5 Å². The Balaban J connectivity index is 1.18. The Morgan fingerprint density at radius 3 is 2.48 bits per heavy atom. The molecule has 3 saturated heterocycles. The van der Waals surface area contributed by atoms with E-state index in [9.17, 15) is 8.78 Å². The molecule has 5 rings (SSSR count). The van der Waals surface area contributed by atoms with E-state index in [0.717, 1.165) is 49.4 Å². The topological polar surface area (TPSA) is 41.7 Å². The van der Waals surface area contributed by atoms with Crippen molar-refractivity contribution in [2.45, 2.75) is 37.5 Å². The summed E-state index contributed by atoms with van der Waals surface area (Å²) >= 11 is 0. The molecule has 2 unspecified atom stereocenters. The summed E-state index contributed by atoms with van der Waals surface area (Å²) in [5.74, 6) is 1.59. The van der Waals surface area contributed by atoms with E-state index >= 15 is 0 Å². The number of rotatable bonds is 4. The minimum Gasteiger partial charge on any atom is -0.370 e. The molecular formula is C21H29F2N3O. The molecule has 4 fully saturated rings. The summed E-state index contributed by atoms with van der Waals surface area (Å²) in [5.41, 5.74) is 6.58. The molecule has 0 bridgehead atoms. The molecule has 0 aromatic heterocycles. The molecule has 3 aliphatic heterocycles. The van der Waals surface area contributed by atoms with Crippen LogP contribution in [-0.2, 0) is 4.74 Å². The van der Waals surface area contributed by atoms with Crippen molar-refractivity contribution in [3.8, 4) is 0 Å². The van der Waals surface area contributed by atoms with Gasteiger partial charge in [-0.25, -0.2) is 8.78 Å². The van der Waals surface area contributed by atoms with Gasteiger partial charge in [-0.3, -0.25) is 4.90 Å². The van der Waals surface area contributed by atoms with E-state index in [1.54, 1.807) is 0 Å². The number of likely N-dealkylation sites (tertiary alicyclic amines) is 2. The molecular weight excluding hydrogens is 348 g/mol. The monoisotopic (exact) mass is 377 g/mol. The van der Waals surface area contributed by atoms with Crippen molar-refractivity contribution < 1.29 is 13.5 Å². The first-order valence-electron chi connectivity index (χ1n) is 10.4. The van der Waals surface area contributed by atoms with E-state index in [2.05, 4.69) is 9.80 Å². The maximum absolute atomic E-state index is 14.1. The normalized spacial score (nSPS) is 37.7. The second-order valence-electron chi connectivity index (χ2n) is 9.11. The predicted molar refractivity (Wildman–Crippen MR) is 99.1 cm³/mol. The van der Waals surface area contributed by atoms with Crippen LogP contribution in [0.3, 0.4) is 0 Å². The van der Waals surface area contributed by atoms with Crippen molar-refractivity contribution in [1.82, 2.24) is 9.80 Å². The quantitative estimate of drug-likeness (QED) is 0.875. The molecule has 1 saturated carbocycles. The van der Waals surface area contributed by atoms with Crippen LogP contribution in [0.5, 0.6) is 0 Å². The van der Waals surface area contributed by atoms with E-state index in [-0.39, 0.29) is 17.6 Å². The Morgan fingerprint density at radius 1 is 1.07 bits per heavy atom. The van der Waals surface area contributed by atoms with Crippen LogP contribution in [0.4, 0.5) is 8.78 Å². The summed E-state index contributed by atoms with van der Waals surface area (Å²) in [5, 5.41) is 0. The first kappa shape index (κ1) is 18.0. The Hall–Kier alpha value is -1.08. The highest BCUT2D eigenvalue weighted by Gasteiger charge is 2.44. The first-order chi connectivity index (χ1) is 13.1. The van der Waals surface area contributed by atoms with Gasteiger partial charge in [-0.2, -0.15) is 0 Å². The van der Waals surface area contributed by atoms with Crippen LogP contribution in [0.1, 0.15) is 30.9 Å². The van der Waals surface area contributed by atoms with E-state index < -0.39 is 17.7 Å². The number of hydrogen-bond donors (Lipinski definition) is 1. The van der Waals surface area contributed by atoms with Crippen LogP contribution in [-0.4, -0.2) is 61.2 Å². The van der Waals surface area contributed by atoms with Gasteiger partial charge >= 0.3 is 0 Å². The Kier molecular flexibility index (Phi) is 4.71. The average Bonchev–Trinajstić information content (AvgIpc) is 3.24. The fourth-order valence-corrected chi connectivity index (χ4v) is 5.39. The second kappa shape index (κ2) is 7.07. The molecule has 1 aromatic rings. The molecule has 2 N–H and O–H groups in total. The highest BCUT2D eigenvalue weighted by molar-refractivity contribution is 5.23. The third-order valence-electron chi connectivity index (χ3n) is 6.99. The van der Waals surface area contributed by atoms with Crippen LogP contribution in [0.25, 0.3) is 0 Å². The SMILES string of the molecule is N[C@H]1C[C@@H](N2CC3CN(CC4CC4)CC3C2)CO[C@@H]1c1cc(F)ccc1F. The maximum Gasteiger partial charge on any atom is 0.129 e. The van der Waals surface area contributed by atoms with Crippen LogP contribution in [0.2, 0.25) is 0 Å². The Morgan fingerprint density at radius 2 is 1.81 bits per heavy atom. The van der Waals surface area contributed by atoms with Crippen LogP contribution < -0.4 is 5.73 Å². The molecule has 4 nitrogen and oxygen atoms in total. The number of halogens is 2. The van der Waals surface area contributed by atoms with Gasteiger partial charge in [0.15, 0.2) is 0 Å².